The molecule has 0 spiro atoms. The summed E-state index contributed by atoms with van der Waals surface area (Å²) in [6.07, 6.45) is 0. The molecule has 1 unspecified atom stereocenters. The fourth-order valence-corrected chi connectivity index (χ4v) is 2.21. The standard InChI is InChI=1S/C10H13ClN2OS/c1-6(10(13)14)5-15-9-4-7(11)2-3-8(9)12/h2-4,6H,5,12H2,1H3,(H2,13,14). The molecule has 82 valence electrons. The van der Waals surface area contributed by atoms with Crippen molar-refractivity contribution in [1.82, 2.24) is 0 Å². The van der Waals surface area contributed by atoms with Gasteiger partial charge in [-0.15, -0.1) is 11.8 Å². The number of thioether (sulfide) groups is 1. The molecule has 0 aromatic heterocycles. The van der Waals surface area contributed by atoms with Gasteiger partial charge in [0.25, 0.3) is 0 Å². The van der Waals surface area contributed by atoms with Gasteiger partial charge in [0.15, 0.2) is 0 Å². The minimum atomic E-state index is -0.303. The number of benzene rings is 1. The van der Waals surface area contributed by atoms with E-state index >= 15 is 0 Å². The molecular weight excluding hydrogens is 232 g/mol. The molecule has 0 saturated heterocycles. The molecule has 3 nitrogen and oxygen atoms in total. The van der Waals surface area contributed by atoms with Gasteiger partial charge in [0, 0.05) is 27.3 Å². The molecule has 1 atom stereocenters. The first-order valence-electron chi connectivity index (χ1n) is 4.48. The number of halogens is 1. The number of primary amides is 1. The molecule has 0 fully saturated rings. The molecule has 0 bridgehead atoms. The predicted molar refractivity (Wildman–Crippen MR) is 64.9 cm³/mol. The molecule has 1 amide bonds. The van der Waals surface area contributed by atoms with E-state index in [1.165, 1.54) is 11.8 Å². The maximum absolute atomic E-state index is 10.8. The van der Waals surface area contributed by atoms with E-state index in [-0.39, 0.29) is 11.8 Å². The third kappa shape index (κ3) is 3.64. The third-order valence-corrected chi connectivity index (χ3v) is 3.52. The van der Waals surface area contributed by atoms with Crippen LogP contribution < -0.4 is 11.5 Å². The lowest BCUT2D eigenvalue weighted by Gasteiger charge is -2.08. The number of nitrogen functional groups attached to an aromatic ring is 1. The Morgan fingerprint density at radius 2 is 2.27 bits per heavy atom. The molecule has 0 aliphatic rings. The van der Waals surface area contributed by atoms with Gasteiger partial charge in [0.05, 0.1) is 0 Å². The largest absolute Gasteiger partial charge is 0.398 e. The van der Waals surface area contributed by atoms with Crippen LogP contribution >= 0.6 is 23.4 Å². The highest BCUT2D eigenvalue weighted by molar-refractivity contribution is 7.99. The van der Waals surface area contributed by atoms with Crippen LogP contribution in [0.5, 0.6) is 0 Å². The van der Waals surface area contributed by atoms with Gasteiger partial charge in [-0.05, 0) is 18.2 Å². The van der Waals surface area contributed by atoms with Crippen molar-refractivity contribution in [3.05, 3.63) is 23.2 Å². The minimum Gasteiger partial charge on any atom is -0.398 e. The van der Waals surface area contributed by atoms with Crippen LogP contribution in [0.2, 0.25) is 5.02 Å². The minimum absolute atomic E-state index is 0.173. The molecule has 1 aromatic carbocycles. The third-order valence-electron chi connectivity index (χ3n) is 1.95. The van der Waals surface area contributed by atoms with E-state index in [0.717, 1.165) is 4.90 Å². The Morgan fingerprint density at radius 3 is 2.87 bits per heavy atom. The number of hydrogen-bond acceptors (Lipinski definition) is 3. The van der Waals surface area contributed by atoms with Crippen LogP contribution in [0.4, 0.5) is 5.69 Å². The highest BCUT2D eigenvalue weighted by atomic mass is 35.5. The molecular formula is C10H13ClN2OS. The molecule has 4 N–H and O–H groups in total. The fourth-order valence-electron chi connectivity index (χ4n) is 0.930. The molecule has 0 saturated carbocycles. The second kappa shape index (κ2) is 5.28. The first kappa shape index (κ1) is 12.2. The number of anilines is 1. The van der Waals surface area contributed by atoms with E-state index in [1.807, 2.05) is 0 Å². The second-order valence-electron chi connectivity index (χ2n) is 3.30. The number of hydrogen-bond donors (Lipinski definition) is 2. The number of amides is 1. The summed E-state index contributed by atoms with van der Waals surface area (Å²) in [4.78, 5) is 11.7. The molecule has 5 heteroatoms. The summed E-state index contributed by atoms with van der Waals surface area (Å²) in [6, 6.07) is 5.27. The molecule has 0 radical (unpaired) electrons. The molecule has 1 aromatic rings. The summed E-state index contributed by atoms with van der Waals surface area (Å²) in [5.41, 5.74) is 11.6. The van der Waals surface area contributed by atoms with Crippen LogP contribution in [0.25, 0.3) is 0 Å². The molecule has 15 heavy (non-hydrogen) atoms. The van der Waals surface area contributed by atoms with Gasteiger partial charge in [-0.2, -0.15) is 0 Å². The van der Waals surface area contributed by atoms with Crippen LogP contribution in [0, 0.1) is 5.92 Å². The van der Waals surface area contributed by atoms with E-state index in [4.69, 9.17) is 23.1 Å². The summed E-state index contributed by atoms with van der Waals surface area (Å²) in [7, 11) is 0. The smallest absolute Gasteiger partial charge is 0.221 e. The highest BCUT2D eigenvalue weighted by Crippen LogP contribution is 2.29. The molecule has 0 aliphatic heterocycles. The monoisotopic (exact) mass is 244 g/mol. The van der Waals surface area contributed by atoms with E-state index in [0.29, 0.717) is 16.5 Å². The van der Waals surface area contributed by atoms with E-state index < -0.39 is 0 Å². The SMILES string of the molecule is CC(CSc1cc(Cl)ccc1N)C(N)=O. The van der Waals surface area contributed by atoms with Crippen LogP contribution in [0.15, 0.2) is 23.1 Å². The zero-order valence-electron chi connectivity index (χ0n) is 8.37. The first-order valence-corrected chi connectivity index (χ1v) is 5.84. The topological polar surface area (TPSA) is 69.1 Å². The molecule has 0 heterocycles. The maximum atomic E-state index is 10.8. The van der Waals surface area contributed by atoms with Crippen molar-refractivity contribution in [2.75, 3.05) is 11.5 Å². The second-order valence-corrected chi connectivity index (χ2v) is 4.79. The van der Waals surface area contributed by atoms with Gasteiger partial charge in [-0.3, -0.25) is 4.79 Å². The summed E-state index contributed by atoms with van der Waals surface area (Å²) in [5, 5.41) is 0.637. The van der Waals surface area contributed by atoms with E-state index in [2.05, 4.69) is 0 Å². The van der Waals surface area contributed by atoms with Crippen molar-refractivity contribution < 1.29 is 4.79 Å². The van der Waals surface area contributed by atoms with Crippen LogP contribution in [-0.4, -0.2) is 11.7 Å². The Kier molecular flexibility index (Phi) is 4.29. The quantitative estimate of drug-likeness (QED) is 0.630. The lowest BCUT2D eigenvalue weighted by molar-refractivity contribution is -0.120. The van der Waals surface area contributed by atoms with E-state index in [9.17, 15) is 4.79 Å². The summed E-state index contributed by atoms with van der Waals surface area (Å²) in [6.45, 7) is 1.79. The van der Waals surface area contributed by atoms with Crippen molar-refractivity contribution in [3.63, 3.8) is 0 Å². The van der Waals surface area contributed by atoms with Gasteiger partial charge in [0.1, 0.15) is 0 Å². The average Bonchev–Trinajstić information content (AvgIpc) is 2.18. The van der Waals surface area contributed by atoms with Gasteiger partial charge in [-0.25, -0.2) is 0 Å². The van der Waals surface area contributed by atoms with Crippen molar-refractivity contribution in [3.8, 4) is 0 Å². The predicted octanol–water partition coefficient (Wildman–Crippen LogP) is 2.14. The normalized spacial score (nSPS) is 12.4. The number of rotatable bonds is 4. The van der Waals surface area contributed by atoms with Gasteiger partial charge in [0.2, 0.25) is 5.91 Å². The van der Waals surface area contributed by atoms with E-state index in [1.54, 1.807) is 25.1 Å². The van der Waals surface area contributed by atoms with Crippen LogP contribution in [0.3, 0.4) is 0 Å². The molecule has 0 aliphatic carbocycles. The van der Waals surface area contributed by atoms with Crippen LogP contribution in [-0.2, 0) is 4.79 Å². The van der Waals surface area contributed by atoms with Crippen molar-refractivity contribution >= 4 is 35.0 Å². The van der Waals surface area contributed by atoms with Gasteiger partial charge < -0.3 is 11.5 Å². The lowest BCUT2D eigenvalue weighted by atomic mass is 10.2. The average molecular weight is 245 g/mol. The summed E-state index contributed by atoms with van der Waals surface area (Å²) in [5.74, 6) is 0.136. The Balaban J connectivity index is 2.65. The summed E-state index contributed by atoms with van der Waals surface area (Å²) < 4.78 is 0. The Hall–Kier alpha value is -0.870. The first-order chi connectivity index (χ1) is 7.00. The lowest BCUT2D eigenvalue weighted by Crippen LogP contribution is -2.22. The van der Waals surface area contributed by atoms with Crippen LogP contribution in [0.1, 0.15) is 6.92 Å². The number of nitrogens with two attached hydrogens (primary N) is 2. The number of carbonyl (C=O) groups is 1. The fraction of sp³-hybridized carbons (Fsp3) is 0.300. The van der Waals surface area contributed by atoms with Crippen molar-refractivity contribution in [2.45, 2.75) is 11.8 Å². The van der Waals surface area contributed by atoms with Gasteiger partial charge >= 0.3 is 0 Å². The Morgan fingerprint density at radius 1 is 1.60 bits per heavy atom. The molecule has 1 rings (SSSR count). The van der Waals surface area contributed by atoms with Crippen molar-refractivity contribution in [1.29, 1.82) is 0 Å². The number of carbonyl (C=O) groups excluding carboxylic acids is 1. The zero-order valence-corrected chi connectivity index (χ0v) is 9.94. The van der Waals surface area contributed by atoms with Crippen molar-refractivity contribution in [2.24, 2.45) is 11.7 Å². The summed E-state index contributed by atoms with van der Waals surface area (Å²) >= 11 is 7.32. The highest BCUT2D eigenvalue weighted by Gasteiger charge is 2.10. The van der Waals surface area contributed by atoms with Gasteiger partial charge in [-0.1, -0.05) is 18.5 Å². The Bertz CT molecular complexity index is 370. The zero-order chi connectivity index (χ0) is 11.4. The Labute approximate surface area is 98.2 Å². The maximum Gasteiger partial charge on any atom is 0.221 e.